The summed E-state index contributed by atoms with van der Waals surface area (Å²) >= 11 is 0. The highest BCUT2D eigenvalue weighted by Gasteiger charge is 2.27. The predicted octanol–water partition coefficient (Wildman–Crippen LogP) is 3.55. The first kappa shape index (κ1) is 22.9. The van der Waals surface area contributed by atoms with Crippen LogP contribution in [-0.2, 0) is 4.79 Å². The van der Waals surface area contributed by atoms with E-state index in [0.717, 1.165) is 43.1 Å². The third-order valence-electron chi connectivity index (χ3n) is 6.25. The molecule has 1 aliphatic heterocycles. The minimum absolute atomic E-state index is 0.0131. The first-order chi connectivity index (χ1) is 17.1. The number of piperazine rings is 1. The average Bonchev–Trinajstić information content (AvgIpc) is 3.52. The molecule has 35 heavy (non-hydrogen) atoms. The van der Waals surface area contributed by atoms with Crippen molar-refractivity contribution < 1.29 is 9.32 Å². The molecule has 2 aromatic heterocycles. The molecule has 4 aromatic rings. The summed E-state index contributed by atoms with van der Waals surface area (Å²) in [6, 6.07) is 21.5. The van der Waals surface area contributed by atoms with Crippen molar-refractivity contribution in [2.24, 2.45) is 0 Å². The number of hydrogen-bond acceptors (Lipinski definition) is 7. The quantitative estimate of drug-likeness (QED) is 0.441. The maximum absolute atomic E-state index is 12.8. The summed E-state index contributed by atoms with van der Waals surface area (Å²) in [4.78, 5) is 21.9. The van der Waals surface area contributed by atoms with Crippen LogP contribution in [-0.4, -0.2) is 68.4 Å². The molecule has 1 amide bonds. The number of benzene rings is 2. The number of carbonyl (C=O) groups excluding carboxylic acids is 1. The number of aryl methyl sites for hydroxylation is 1. The zero-order chi connectivity index (χ0) is 24.2. The van der Waals surface area contributed by atoms with Crippen LogP contribution in [0.3, 0.4) is 0 Å². The van der Waals surface area contributed by atoms with Gasteiger partial charge >= 0.3 is 0 Å². The normalized spacial score (nSPS) is 15.7. The lowest BCUT2D eigenvalue weighted by molar-refractivity contribution is -0.117. The number of anilines is 1. The zero-order valence-corrected chi connectivity index (χ0v) is 20.0. The topological polar surface area (TPSA) is 92.3 Å². The van der Waals surface area contributed by atoms with E-state index in [2.05, 4.69) is 37.3 Å². The highest BCUT2D eigenvalue weighted by atomic mass is 16.5. The largest absolute Gasteiger partial charge is 0.337 e. The SMILES string of the molecule is Cc1cc(NC(=O)CN2CCN([C@H](C)c3nc(-c4ccccc4)no3)CC2)n(-c2ccccc2)n1. The number of nitrogens with zero attached hydrogens (tertiary/aromatic N) is 6. The second-order valence-corrected chi connectivity index (χ2v) is 8.78. The van der Waals surface area contributed by atoms with Gasteiger partial charge in [0, 0.05) is 37.8 Å². The molecule has 9 nitrogen and oxygen atoms in total. The summed E-state index contributed by atoms with van der Waals surface area (Å²) in [5.74, 6) is 1.84. The number of nitrogens with one attached hydrogen (secondary N) is 1. The first-order valence-electron chi connectivity index (χ1n) is 11.8. The Morgan fingerprint density at radius 3 is 2.43 bits per heavy atom. The molecule has 0 radical (unpaired) electrons. The van der Waals surface area contributed by atoms with Gasteiger partial charge < -0.3 is 9.84 Å². The van der Waals surface area contributed by atoms with Crippen molar-refractivity contribution in [1.29, 1.82) is 0 Å². The number of carbonyl (C=O) groups is 1. The lowest BCUT2D eigenvalue weighted by atomic mass is 10.2. The average molecular weight is 472 g/mol. The highest BCUT2D eigenvalue weighted by molar-refractivity contribution is 5.91. The smallest absolute Gasteiger partial charge is 0.244 e. The van der Waals surface area contributed by atoms with Crippen molar-refractivity contribution in [1.82, 2.24) is 29.7 Å². The summed E-state index contributed by atoms with van der Waals surface area (Å²) in [6.45, 7) is 7.54. The predicted molar refractivity (Wildman–Crippen MR) is 133 cm³/mol. The van der Waals surface area contributed by atoms with Crippen LogP contribution in [0.4, 0.5) is 5.82 Å². The molecule has 0 spiro atoms. The molecule has 1 aliphatic rings. The third kappa shape index (κ3) is 5.31. The Morgan fingerprint density at radius 2 is 1.71 bits per heavy atom. The van der Waals surface area contributed by atoms with Crippen LogP contribution in [0.1, 0.15) is 24.6 Å². The fraction of sp³-hybridized carbons (Fsp3) is 0.308. The van der Waals surface area contributed by atoms with E-state index in [4.69, 9.17) is 4.52 Å². The van der Waals surface area contributed by atoms with E-state index in [9.17, 15) is 4.79 Å². The number of hydrogen-bond donors (Lipinski definition) is 1. The van der Waals surface area contributed by atoms with Crippen LogP contribution >= 0.6 is 0 Å². The van der Waals surface area contributed by atoms with E-state index in [1.54, 1.807) is 4.68 Å². The van der Waals surface area contributed by atoms with Gasteiger partial charge in [-0.15, -0.1) is 0 Å². The highest BCUT2D eigenvalue weighted by Crippen LogP contribution is 2.23. The molecular weight excluding hydrogens is 442 g/mol. The van der Waals surface area contributed by atoms with Gasteiger partial charge in [-0.3, -0.25) is 14.6 Å². The van der Waals surface area contributed by atoms with Crippen LogP contribution < -0.4 is 5.32 Å². The van der Waals surface area contributed by atoms with Gasteiger partial charge in [0.1, 0.15) is 5.82 Å². The lowest BCUT2D eigenvalue weighted by Crippen LogP contribution is -2.49. The molecule has 9 heteroatoms. The third-order valence-corrected chi connectivity index (χ3v) is 6.25. The van der Waals surface area contributed by atoms with Gasteiger partial charge in [0.05, 0.1) is 24.0 Å². The van der Waals surface area contributed by atoms with Crippen LogP contribution in [0.25, 0.3) is 17.1 Å². The van der Waals surface area contributed by atoms with E-state index in [1.807, 2.05) is 73.7 Å². The van der Waals surface area contributed by atoms with Gasteiger partial charge in [0.2, 0.25) is 17.6 Å². The Labute approximate surface area is 204 Å². The van der Waals surface area contributed by atoms with Gasteiger partial charge in [0.15, 0.2) is 0 Å². The Kier molecular flexibility index (Phi) is 6.69. The molecule has 1 N–H and O–H groups in total. The summed E-state index contributed by atoms with van der Waals surface area (Å²) in [5, 5.41) is 11.7. The number of para-hydroxylation sites is 1. The van der Waals surface area contributed by atoms with E-state index in [0.29, 0.717) is 24.1 Å². The molecule has 0 saturated carbocycles. The van der Waals surface area contributed by atoms with Gasteiger partial charge in [-0.2, -0.15) is 10.1 Å². The molecule has 180 valence electrons. The molecule has 3 heterocycles. The lowest BCUT2D eigenvalue weighted by Gasteiger charge is -2.36. The van der Waals surface area contributed by atoms with Gasteiger partial charge in [0.25, 0.3) is 0 Å². The molecule has 1 saturated heterocycles. The molecule has 0 aliphatic carbocycles. The number of rotatable bonds is 7. The van der Waals surface area contributed by atoms with Crippen LogP contribution in [0.5, 0.6) is 0 Å². The van der Waals surface area contributed by atoms with Gasteiger partial charge in [-0.05, 0) is 26.0 Å². The van der Waals surface area contributed by atoms with E-state index in [-0.39, 0.29) is 11.9 Å². The summed E-state index contributed by atoms with van der Waals surface area (Å²) in [6.07, 6.45) is 0. The summed E-state index contributed by atoms with van der Waals surface area (Å²) in [7, 11) is 0. The zero-order valence-electron chi connectivity index (χ0n) is 20.0. The van der Waals surface area contributed by atoms with E-state index < -0.39 is 0 Å². The van der Waals surface area contributed by atoms with E-state index in [1.165, 1.54) is 0 Å². The number of aromatic nitrogens is 4. The monoisotopic (exact) mass is 471 g/mol. The van der Waals surface area contributed by atoms with Gasteiger partial charge in [-0.1, -0.05) is 53.7 Å². The fourth-order valence-electron chi connectivity index (χ4n) is 4.31. The van der Waals surface area contributed by atoms with Gasteiger partial charge in [-0.25, -0.2) is 4.68 Å². The molecule has 1 atom stereocenters. The van der Waals surface area contributed by atoms with Crippen molar-refractivity contribution in [3.05, 3.63) is 78.3 Å². The Hall–Kier alpha value is -3.82. The molecular formula is C26H29N7O2. The van der Waals surface area contributed by atoms with Crippen LogP contribution in [0, 0.1) is 6.92 Å². The Bertz CT molecular complexity index is 1260. The van der Waals surface area contributed by atoms with E-state index >= 15 is 0 Å². The van der Waals surface area contributed by atoms with Crippen molar-refractivity contribution in [2.45, 2.75) is 19.9 Å². The minimum atomic E-state index is -0.0482. The fourth-order valence-corrected chi connectivity index (χ4v) is 4.31. The Balaban J connectivity index is 1.15. The molecule has 2 aromatic carbocycles. The second-order valence-electron chi connectivity index (χ2n) is 8.78. The second kappa shape index (κ2) is 10.2. The number of amides is 1. The van der Waals surface area contributed by atoms with Crippen molar-refractivity contribution >= 4 is 11.7 Å². The van der Waals surface area contributed by atoms with Crippen molar-refractivity contribution in [3.63, 3.8) is 0 Å². The summed E-state index contributed by atoms with van der Waals surface area (Å²) in [5.41, 5.74) is 2.70. The van der Waals surface area contributed by atoms with Crippen LogP contribution in [0.2, 0.25) is 0 Å². The minimum Gasteiger partial charge on any atom is -0.337 e. The molecule has 5 rings (SSSR count). The first-order valence-corrected chi connectivity index (χ1v) is 11.8. The molecule has 1 fully saturated rings. The molecule has 0 bridgehead atoms. The van der Waals surface area contributed by atoms with Crippen LogP contribution in [0.15, 0.2) is 71.3 Å². The maximum atomic E-state index is 12.8. The standard InChI is InChI=1S/C26H29N7O2/c1-19-17-23(33(29-19)22-11-7-4-8-12-22)27-24(34)18-31-13-15-32(16-14-31)20(2)26-28-25(30-35-26)21-9-5-3-6-10-21/h3-12,17,20H,13-16,18H2,1-2H3,(H,27,34)/t20-/m1/s1. The van der Waals surface area contributed by atoms with Crippen molar-refractivity contribution in [3.8, 4) is 17.1 Å². The van der Waals surface area contributed by atoms with Crippen molar-refractivity contribution in [2.75, 3.05) is 38.0 Å². The Morgan fingerprint density at radius 1 is 1.03 bits per heavy atom. The molecule has 0 unspecified atom stereocenters. The maximum Gasteiger partial charge on any atom is 0.244 e. The summed E-state index contributed by atoms with van der Waals surface area (Å²) < 4.78 is 7.32.